The van der Waals surface area contributed by atoms with E-state index in [1.165, 1.54) is 19.2 Å². The first-order chi connectivity index (χ1) is 16.1. The molecule has 5 rings (SSSR count). The van der Waals surface area contributed by atoms with Gasteiger partial charge in [-0.1, -0.05) is 66.7 Å². The van der Waals surface area contributed by atoms with E-state index >= 15 is 0 Å². The highest BCUT2D eigenvalue weighted by molar-refractivity contribution is 5.83. The van der Waals surface area contributed by atoms with Crippen LogP contribution in [0.15, 0.2) is 85.1 Å². The third-order valence-electron chi connectivity index (χ3n) is 5.82. The molecule has 0 saturated carbocycles. The first-order valence-corrected chi connectivity index (χ1v) is 10.8. The Kier molecular flexibility index (Phi) is 5.57. The van der Waals surface area contributed by atoms with E-state index in [4.69, 9.17) is 9.72 Å². The van der Waals surface area contributed by atoms with E-state index in [-0.39, 0.29) is 11.7 Å². The second-order valence-corrected chi connectivity index (χ2v) is 8.02. The van der Waals surface area contributed by atoms with Crippen molar-refractivity contribution in [2.24, 2.45) is 0 Å². The van der Waals surface area contributed by atoms with Gasteiger partial charge in [-0.25, -0.2) is 14.2 Å². The number of rotatable bonds is 6. The number of ether oxygens (including phenoxy) is 1. The van der Waals surface area contributed by atoms with E-state index in [1.54, 1.807) is 16.8 Å². The lowest BCUT2D eigenvalue weighted by Gasteiger charge is -2.09. The highest BCUT2D eigenvalue weighted by atomic mass is 19.1. The van der Waals surface area contributed by atoms with Gasteiger partial charge >= 0.3 is 11.7 Å². The largest absolute Gasteiger partial charge is 0.496 e. The van der Waals surface area contributed by atoms with Gasteiger partial charge in [0.25, 0.3) is 0 Å². The second kappa shape index (κ2) is 8.82. The summed E-state index contributed by atoms with van der Waals surface area (Å²) < 4.78 is 20.6. The summed E-state index contributed by atoms with van der Waals surface area (Å²) in [4.78, 5) is 18.3. The summed E-state index contributed by atoms with van der Waals surface area (Å²) in [6, 6.07) is 23.8. The summed E-state index contributed by atoms with van der Waals surface area (Å²) in [5.74, 6) is 0.666. The molecular weight excluding hydrogens is 417 g/mol. The molecule has 1 aliphatic rings. The van der Waals surface area contributed by atoms with E-state index in [9.17, 15) is 9.18 Å². The smallest absolute Gasteiger partial charge is 0.359 e. The molecule has 1 aromatic heterocycles. The maximum atomic E-state index is 13.6. The minimum atomic E-state index is -0.508. The number of methoxy groups -OCH3 is 1. The molecule has 164 valence electrons. The van der Waals surface area contributed by atoms with Gasteiger partial charge < -0.3 is 4.74 Å². The summed E-state index contributed by atoms with van der Waals surface area (Å²) in [6.45, 7) is 0. The fraction of sp³-hybridized carbons (Fsp3) is 0.148. The van der Waals surface area contributed by atoms with Crippen LogP contribution < -0.4 is 14.6 Å². The summed E-state index contributed by atoms with van der Waals surface area (Å²) in [5.41, 5.74) is 4.35. The average molecular weight is 440 g/mol. The fourth-order valence-electron chi connectivity index (χ4n) is 4.18. The molecule has 4 aromatic rings. The minimum absolute atomic E-state index is 0.0785. The van der Waals surface area contributed by atoms with Crippen molar-refractivity contribution in [3.8, 4) is 17.0 Å². The molecule has 1 atom stereocenters. The number of fused-ring (bicyclic) bond motifs is 1. The number of nitrogens with zero attached hydrogens (tertiary/aromatic N) is 2. The molecule has 1 aliphatic heterocycles. The molecule has 0 fully saturated rings. The third kappa shape index (κ3) is 4.20. The number of carbonyl (C=O) groups is 1. The first kappa shape index (κ1) is 20.8. The number of hydrogen-bond acceptors (Lipinski definition) is 4. The van der Waals surface area contributed by atoms with Crippen LogP contribution >= 0.6 is 0 Å². The Hall–Kier alpha value is -4.06. The van der Waals surface area contributed by atoms with Gasteiger partial charge in [-0.3, -0.25) is 5.32 Å². The van der Waals surface area contributed by atoms with E-state index in [1.807, 2.05) is 60.7 Å². The maximum Gasteiger partial charge on any atom is 0.359 e. The number of hydrogen-bond donors (Lipinski definition) is 1. The predicted octanol–water partition coefficient (Wildman–Crippen LogP) is 4.45. The number of carbonyl (C=O) groups excluding carboxylic acids is 1. The van der Waals surface area contributed by atoms with Gasteiger partial charge in [0, 0.05) is 24.5 Å². The Morgan fingerprint density at radius 3 is 2.48 bits per heavy atom. The van der Waals surface area contributed by atoms with Crippen molar-refractivity contribution in [3.63, 3.8) is 0 Å². The Morgan fingerprint density at radius 1 is 1.03 bits per heavy atom. The second-order valence-electron chi connectivity index (χ2n) is 8.02. The first-order valence-electron chi connectivity index (χ1n) is 10.8. The highest BCUT2D eigenvalue weighted by Gasteiger charge is 2.41. The van der Waals surface area contributed by atoms with Gasteiger partial charge in [-0.2, -0.15) is 4.57 Å². The molecule has 1 unspecified atom stereocenters. The highest BCUT2D eigenvalue weighted by Crippen LogP contribution is 2.27. The van der Waals surface area contributed by atoms with Crippen LogP contribution in [0.5, 0.6) is 5.75 Å². The van der Waals surface area contributed by atoms with Crippen LogP contribution in [0.2, 0.25) is 0 Å². The molecule has 5 nitrogen and oxygen atoms in total. The van der Waals surface area contributed by atoms with Gasteiger partial charge in [-0.05, 0) is 17.2 Å². The molecular formula is C27H23FN3O2+. The lowest BCUT2D eigenvalue weighted by Crippen LogP contribution is -2.44. The molecule has 0 spiro atoms. The molecule has 0 saturated heterocycles. The van der Waals surface area contributed by atoms with Gasteiger partial charge in [0.2, 0.25) is 0 Å². The van der Waals surface area contributed by atoms with E-state index in [0.717, 1.165) is 28.1 Å². The van der Waals surface area contributed by atoms with Crippen LogP contribution in [0.4, 0.5) is 10.2 Å². The summed E-state index contributed by atoms with van der Waals surface area (Å²) in [7, 11) is 1.50. The molecule has 33 heavy (non-hydrogen) atoms. The Labute approximate surface area is 191 Å². The topological polar surface area (TPSA) is 55.1 Å². The fourth-order valence-corrected chi connectivity index (χ4v) is 4.18. The zero-order chi connectivity index (χ0) is 22.8. The molecule has 1 N–H and O–H groups in total. The maximum absolute atomic E-state index is 13.6. The quantitative estimate of drug-likeness (QED) is 0.450. The minimum Gasteiger partial charge on any atom is -0.496 e. The lowest BCUT2D eigenvalue weighted by atomic mass is 10.0. The van der Waals surface area contributed by atoms with E-state index in [2.05, 4.69) is 5.32 Å². The zero-order valence-corrected chi connectivity index (χ0v) is 18.2. The Bertz CT molecular complexity index is 1310. The standard InChI is InChI=1S/C27H22FN3O2/c1-33-25-16-21(28)13-12-20(25)15-23-27(32)31-17-24(19-10-6-3-7-11-19)29-22(26(31)30-23)14-18-8-4-2-5-9-18/h2-13,16-17,23H,14-15H2,1H3/p+1. The Morgan fingerprint density at radius 2 is 1.76 bits per heavy atom. The molecule has 6 heteroatoms. The van der Waals surface area contributed by atoms with Crippen LogP contribution in [0.25, 0.3) is 11.3 Å². The molecule has 0 aliphatic carbocycles. The summed E-state index contributed by atoms with van der Waals surface area (Å²) in [6.07, 6.45) is 2.75. The van der Waals surface area contributed by atoms with Crippen molar-refractivity contribution < 1.29 is 18.5 Å². The van der Waals surface area contributed by atoms with Crippen LogP contribution in [-0.4, -0.2) is 24.0 Å². The van der Waals surface area contributed by atoms with Gasteiger partial charge in [0.1, 0.15) is 29.2 Å². The van der Waals surface area contributed by atoms with Crippen molar-refractivity contribution in [1.29, 1.82) is 0 Å². The Balaban J connectivity index is 1.54. The summed E-state index contributed by atoms with van der Waals surface area (Å²) >= 11 is 0. The van der Waals surface area contributed by atoms with Crippen molar-refractivity contribution >= 4 is 11.7 Å². The van der Waals surface area contributed by atoms with Crippen molar-refractivity contribution in [2.75, 3.05) is 12.4 Å². The number of benzene rings is 3. The van der Waals surface area contributed by atoms with Gasteiger partial charge in [0.05, 0.1) is 7.11 Å². The van der Waals surface area contributed by atoms with Crippen LogP contribution in [-0.2, 0) is 12.8 Å². The van der Waals surface area contributed by atoms with Crippen LogP contribution in [0, 0.1) is 5.82 Å². The molecule has 0 bridgehead atoms. The SMILES string of the molecule is COc1cc(F)ccc1CC1Nc2c(Cc3ccccc3)nc(-c3ccccc3)c[n+]2C1=O. The molecule has 2 heterocycles. The zero-order valence-electron chi connectivity index (χ0n) is 18.2. The molecule has 3 aromatic carbocycles. The van der Waals surface area contributed by atoms with Crippen LogP contribution in [0.3, 0.4) is 0 Å². The van der Waals surface area contributed by atoms with Gasteiger partial charge in [0.15, 0.2) is 6.04 Å². The van der Waals surface area contributed by atoms with E-state index in [0.29, 0.717) is 24.4 Å². The van der Waals surface area contributed by atoms with Crippen LogP contribution in [0.1, 0.15) is 21.6 Å². The lowest BCUT2D eigenvalue weighted by molar-refractivity contribution is -0.552. The number of halogens is 1. The number of aromatic nitrogens is 2. The monoisotopic (exact) mass is 440 g/mol. The number of anilines is 1. The normalized spacial score (nSPS) is 14.6. The predicted molar refractivity (Wildman–Crippen MR) is 124 cm³/mol. The average Bonchev–Trinajstić information content (AvgIpc) is 3.17. The van der Waals surface area contributed by atoms with Gasteiger partial charge in [-0.15, -0.1) is 0 Å². The summed E-state index contributed by atoms with van der Waals surface area (Å²) in [5, 5.41) is 3.37. The molecule has 0 radical (unpaired) electrons. The van der Waals surface area contributed by atoms with Crippen molar-refractivity contribution in [2.45, 2.75) is 18.9 Å². The van der Waals surface area contributed by atoms with Crippen molar-refractivity contribution in [1.82, 2.24) is 4.98 Å². The third-order valence-corrected chi connectivity index (χ3v) is 5.82. The van der Waals surface area contributed by atoms with E-state index < -0.39 is 6.04 Å². The molecule has 0 amide bonds. The van der Waals surface area contributed by atoms with Crippen molar-refractivity contribution in [3.05, 3.63) is 108 Å². The number of nitrogens with one attached hydrogen (secondary N) is 1.